The van der Waals surface area contributed by atoms with Crippen LogP contribution in [-0.4, -0.2) is 29.9 Å². The summed E-state index contributed by atoms with van der Waals surface area (Å²) in [4.78, 5) is 14.4. The van der Waals surface area contributed by atoms with Crippen LogP contribution >= 0.6 is 0 Å². The number of aliphatic imine (C=N–C) groups is 1. The molecular formula is C15H11N5O4. The van der Waals surface area contributed by atoms with Gasteiger partial charge < -0.3 is 15.2 Å². The van der Waals surface area contributed by atoms with Crippen LogP contribution in [0.5, 0.6) is 0 Å². The largest absolute Gasteiger partial charge is 0.386 e. The summed E-state index contributed by atoms with van der Waals surface area (Å²) in [6.07, 6.45) is 0. The summed E-state index contributed by atoms with van der Waals surface area (Å²) in [6, 6.07) is 9.98. The molecule has 3 aliphatic rings. The van der Waals surface area contributed by atoms with E-state index in [2.05, 4.69) is 17.1 Å². The third kappa shape index (κ3) is 1.29. The number of rotatable bonds is 2. The molecule has 2 heterocycles. The van der Waals surface area contributed by atoms with Gasteiger partial charge in [-0.2, -0.15) is 10.5 Å². The maximum atomic E-state index is 10.8. The Bertz CT molecular complexity index is 861. The minimum Gasteiger partial charge on any atom is -0.386 e. The fourth-order valence-electron chi connectivity index (χ4n) is 4.01. The van der Waals surface area contributed by atoms with E-state index in [1.807, 2.05) is 0 Å². The van der Waals surface area contributed by atoms with Crippen molar-refractivity contribution in [2.45, 2.75) is 11.8 Å². The van der Waals surface area contributed by atoms with Gasteiger partial charge in [-0.25, -0.2) is 4.99 Å². The summed E-state index contributed by atoms with van der Waals surface area (Å²) >= 11 is 0. The molecule has 24 heavy (non-hydrogen) atoms. The van der Waals surface area contributed by atoms with Crippen LogP contribution in [0.4, 0.5) is 5.69 Å². The van der Waals surface area contributed by atoms with Gasteiger partial charge in [0.2, 0.25) is 0 Å². The number of nitrogens with zero attached hydrogens (tertiary/aromatic N) is 4. The van der Waals surface area contributed by atoms with Crippen molar-refractivity contribution in [1.29, 1.82) is 10.5 Å². The molecule has 4 rings (SSSR count). The van der Waals surface area contributed by atoms with Gasteiger partial charge in [0, 0.05) is 18.1 Å². The summed E-state index contributed by atoms with van der Waals surface area (Å²) < 4.78 is 11.2. The number of amidine groups is 1. The zero-order valence-corrected chi connectivity index (χ0v) is 12.3. The van der Waals surface area contributed by atoms with E-state index in [0.29, 0.717) is 5.56 Å². The molecule has 1 saturated heterocycles. The Kier molecular flexibility index (Phi) is 2.61. The summed E-state index contributed by atoms with van der Waals surface area (Å²) in [7, 11) is 0. The third-order valence-corrected chi connectivity index (χ3v) is 5.04. The molecule has 2 fully saturated rings. The fraction of sp³-hybridized carbons (Fsp3) is 0.400. The van der Waals surface area contributed by atoms with Gasteiger partial charge in [0.1, 0.15) is 11.3 Å². The van der Waals surface area contributed by atoms with Crippen molar-refractivity contribution in [1.82, 2.24) is 0 Å². The van der Waals surface area contributed by atoms with Crippen molar-refractivity contribution in [3.63, 3.8) is 0 Å². The molecule has 9 nitrogen and oxygen atoms in total. The minimum atomic E-state index is -1.59. The molecule has 9 heteroatoms. The number of hydrogen-bond acceptors (Lipinski definition) is 8. The number of hydrogen-bond donors (Lipinski definition) is 1. The molecule has 1 aromatic rings. The van der Waals surface area contributed by atoms with Crippen LogP contribution < -0.4 is 5.73 Å². The molecule has 0 amide bonds. The van der Waals surface area contributed by atoms with Gasteiger partial charge in [-0.05, 0) is 5.56 Å². The Hall–Kier alpha value is -3.01. The van der Waals surface area contributed by atoms with Crippen LogP contribution in [0.2, 0.25) is 0 Å². The van der Waals surface area contributed by atoms with Crippen molar-refractivity contribution in [3.05, 3.63) is 39.9 Å². The van der Waals surface area contributed by atoms with E-state index < -0.39 is 27.6 Å². The monoisotopic (exact) mass is 325 g/mol. The third-order valence-electron chi connectivity index (χ3n) is 5.04. The molecule has 2 N–H and O–H groups in total. The zero-order chi connectivity index (χ0) is 17.2. The van der Waals surface area contributed by atoms with Gasteiger partial charge in [-0.1, -0.05) is 12.1 Å². The predicted octanol–water partition coefficient (Wildman–Crippen LogP) is 0.783. The molecule has 1 saturated carbocycles. The van der Waals surface area contributed by atoms with E-state index in [-0.39, 0.29) is 24.7 Å². The lowest BCUT2D eigenvalue weighted by atomic mass is 9.94. The van der Waals surface area contributed by atoms with Gasteiger partial charge in [0.25, 0.3) is 11.6 Å². The highest BCUT2D eigenvalue weighted by Gasteiger charge is 2.94. The lowest BCUT2D eigenvalue weighted by Crippen LogP contribution is -2.38. The molecule has 0 radical (unpaired) electrons. The van der Waals surface area contributed by atoms with E-state index in [1.165, 1.54) is 24.3 Å². The lowest BCUT2D eigenvalue weighted by molar-refractivity contribution is -0.384. The molecule has 1 aromatic carbocycles. The van der Waals surface area contributed by atoms with E-state index >= 15 is 0 Å². The molecule has 0 unspecified atom stereocenters. The van der Waals surface area contributed by atoms with Crippen LogP contribution in [0.25, 0.3) is 0 Å². The summed E-state index contributed by atoms with van der Waals surface area (Å²) in [5, 5.41) is 30.5. The lowest BCUT2D eigenvalue weighted by Gasteiger charge is -2.25. The Morgan fingerprint density at radius 2 is 1.88 bits per heavy atom. The fourth-order valence-corrected chi connectivity index (χ4v) is 4.01. The van der Waals surface area contributed by atoms with Gasteiger partial charge >= 0.3 is 0 Å². The first-order valence-electron chi connectivity index (χ1n) is 7.19. The van der Waals surface area contributed by atoms with Gasteiger partial charge in [-0.3, -0.25) is 10.1 Å². The first kappa shape index (κ1) is 14.6. The van der Waals surface area contributed by atoms with Crippen LogP contribution in [0.3, 0.4) is 0 Å². The van der Waals surface area contributed by atoms with Crippen molar-refractivity contribution in [2.75, 3.05) is 13.2 Å². The standard InChI is InChI=1S/C15H11N5O4/c16-7-13-11(9-1-3-10(4-2-9)20(21)22)14(13,8-17)15(19-12(13)18)23-5-6-24-15/h1-4,11H,5-6H2,(H2,18,19)/t11-,13+,14+/m0/s1. The molecule has 1 aliphatic carbocycles. The van der Waals surface area contributed by atoms with Crippen molar-refractivity contribution >= 4 is 11.5 Å². The number of nitriles is 2. The molecule has 0 bridgehead atoms. The van der Waals surface area contributed by atoms with E-state index in [4.69, 9.17) is 15.2 Å². The number of fused-ring (bicyclic) bond motifs is 2. The van der Waals surface area contributed by atoms with Crippen molar-refractivity contribution < 1.29 is 14.4 Å². The first-order chi connectivity index (χ1) is 11.5. The maximum absolute atomic E-state index is 10.8. The smallest absolute Gasteiger partial charge is 0.293 e. The molecule has 0 aromatic heterocycles. The topological polar surface area (TPSA) is 148 Å². The average Bonchev–Trinajstić information content (AvgIpc) is 2.84. The SMILES string of the molecule is N#C[C@@]12C(N)=NC3(OCCO3)[C@]1(C#N)[C@H]2c1ccc([N+](=O)[O-])cc1. The number of nitro benzene ring substituents is 1. The summed E-state index contributed by atoms with van der Waals surface area (Å²) in [6.45, 7) is 0.489. The van der Waals surface area contributed by atoms with E-state index in [9.17, 15) is 20.6 Å². The van der Waals surface area contributed by atoms with Crippen molar-refractivity contribution in [3.8, 4) is 12.1 Å². The summed E-state index contributed by atoms with van der Waals surface area (Å²) in [5.41, 5.74) is 3.74. The normalized spacial score (nSPS) is 34.9. The molecular weight excluding hydrogens is 314 g/mol. The van der Waals surface area contributed by atoms with Crippen LogP contribution in [0.15, 0.2) is 29.3 Å². The second-order valence-electron chi connectivity index (χ2n) is 5.90. The van der Waals surface area contributed by atoms with Crippen LogP contribution in [0.1, 0.15) is 11.5 Å². The minimum absolute atomic E-state index is 0.00296. The molecule has 120 valence electrons. The zero-order valence-electron chi connectivity index (χ0n) is 12.3. The second kappa shape index (κ2) is 4.29. The van der Waals surface area contributed by atoms with Crippen LogP contribution in [0, 0.1) is 43.6 Å². The number of nitro groups is 1. The van der Waals surface area contributed by atoms with E-state index in [1.54, 1.807) is 0 Å². The van der Waals surface area contributed by atoms with Crippen LogP contribution in [-0.2, 0) is 9.47 Å². The highest BCUT2D eigenvalue weighted by Crippen LogP contribution is 2.82. The highest BCUT2D eigenvalue weighted by atomic mass is 16.8. The Morgan fingerprint density at radius 1 is 1.25 bits per heavy atom. The van der Waals surface area contributed by atoms with E-state index in [0.717, 1.165) is 0 Å². The Morgan fingerprint density at radius 3 is 2.38 bits per heavy atom. The average molecular weight is 325 g/mol. The molecule has 2 aliphatic heterocycles. The van der Waals surface area contributed by atoms with Gasteiger partial charge in [-0.15, -0.1) is 0 Å². The highest BCUT2D eigenvalue weighted by molar-refractivity contribution is 6.00. The number of ether oxygens (including phenoxy) is 2. The predicted molar refractivity (Wildman–Crippen MR) is 78.2 cm³/mol. The second-order valence-corrected chi connectivity index (χ2v) is 5.90. The summed E-state index contributed by atoms with van der Waals surface area (Å²) in [5.74, 6) is -2.22. The van der Waals surface area contributed by atoms with Gasteiger partial charge in [0.05, 0.1) is 30.3 Å². The number of benzene rings is 1. The molecule has 1 spiro atoms. The van der Waals surface area contributed by atoms with Crippen molar-refractivity contribution in [2.24, 2.45) is 21.6 Å². The molecule has 3 atom stereocenters. The quantitative estimate of drug-likeness (QED) is 0.624. The Balaban J connectivity index is 1.86. The Labute approximate surface area is 136 Å². The first-order valence-corrected chi connectivity index (χ1v) is 7.19. The van der Waals surface area contributed by atoms with Gasteiger partial charge in [0.15, 0.2) is 5.41 Å². The number of non-ortho nitro benzene ring substituents is 1. The number of nitrogens with two attached hydrogens (primary N) is 1. The maximum Gasteiger partial charge on any atom is 0.293 e.